The number of likely N-dealkylation sites (tertiary alicyclic amines) is 1. The third-order valence-corrected chi connectivity index (χ3v) is 4.56. The van der Waals surface area contributed by atoms with Crippen LogP contribution < -0.4 is 9.64 Å². The van der Waals surface area contributed by atoms with Crippen molar-refractivity contribution in [3.63, 3.8) is 0 Å². The number of amides is 1. The minimum Gasteiger partial charge on any atom is -0.472 e. The predicted octanol–water partition coefficient (Wildman–Crippen LogP) is 1.22. The van der Waals surface area contributed by atoms with E-state index in [-0.39, 0.29) is 18.6 Å². The number of anilines is 1. The van der Waals surface area contributed by atoms with Gasteiger partial charge in [-0.3, -0.25) is 4.79 Å². The second kappa shape index (κ2) is 6.93. The van der Waals surface area contributed by atoms with Gasteiger partial charge in [0.2, 0.25) is 0 Å². The van der Waals surface area contributed by atoms with Gasteiger partial charge in [-0.05, 0) is 39.5 Å². The zero-order chi connectivity index (χ0) is 17.2. The molecule has 0 unspecified atom stereocenters. The Morgan fingerprint density at radius 2 is 1.92 bits per heavy atom. The summed E-state index contributed by atoms with van der Waals surface area (Å²) in [7, 11) is 0. The molecular formula is C17H26N4O3. The van der Waals surface area contributed by atoms with Crippen LogP contribution >= 0.6 is 0 Å². The lowest BCUT2D eigenvalue weighted by Gasteiger charge is -2.40. The lowest BCUT2D eigenvalue weighted by Crippen LogP contribution is -2.58. The van der Waals surface area contributed by atoms with Gasteiger partial charge in [-0.25, -0.2) is 9.97 Å². The molecule has 0 aromatic carbocycles. The Balaban J connectivity index is 1.79. The maximum absolute atomic E-state index is 12.7. The van der Waals surface area contributed by atoms with E-state index in [0.29, 0.717) is 18.1 Å². The molecule has 3 heterocycles. The van der Waals surface area contributed by atoms with Gasteiger partial charge in [-0.15, -0.1) is 0 Å². The quantitative estimate of drug-likeness (QED) is 0.892. The molecule has 132 valence electrons. The molecule has 2 saturated heterocycles. The maximum Gasteiger partial charge on any atom is 0.257 e. The van der Waals surface area contributed by atoms with Crippen molar-refractivity contribution >= 4 is 11.7 Å². The van der Waals surface area contributed by atoms with Gasteiger partial charge in [0, 0.05) is 32.0 Å². The van der Waals surface area contributed by atoms with Crippen LogP contribution in [-0.2, 0) is 4.79 Å². The van der Waals surface area contributed by atoms with Crippen LogP contribution in [-0.4, -0.2) is 63.8 Å². The molecule has 0 spiro atoms. The molecule has 1 amide bonds. The van der Waals surface area contributed by atoms with Crippen LogP contribution in [0.4, 0.5) is 5.82 Å². The van der Waals surface area contributed by atoms with Crippen molar-refractivity contribution < 1.29 is 14.6 Å². The number of piperidine rings is 1. The Bertz CT molecular complexity index is 589. The van der Waals surface area contributed by atoms with E-state index in [2.05, 4.69) is 9.97 Å². The van der Waals surface area contributed by atoms with Crippen LogP contribution in [0.15, 0.2) is 12.4 Å². The summed E-state index contributed by atoms with van der Waals surface area (Å²) in [5.41, 5.74) is -1.35. The van der Waals surface area contributed by atoms with E-state index in [1.807, 2.05) is 18.7 Å². The summed E-state index contributed by atoms with van der Waals surface area (Å²) < 4.78 is 5.73. The second-order valence-electron chi connectivity index (χ2n) is 6.91. The summed E-state index contributed by atoms with van der Waals surface area (Å²) in [5, 5.41) is 11.0. The largest absolute Gasteiger partial charge is 0.472 e. The number of carbonyl (C=O) groups is 1. The normalized spacial score (nSPS) is 24.5. The molecule has 1 atom stereocenters. The summed E-state index contributed by atoms with van der Waals surface area (Å²) in [5.74, 6) is 0.892. The van der Waals surface area contributed by atoms with Gasteiger partial charge >= 0.3 is 0 Å². The number of aliphatic hydroxyl groups is 1. The Morgan fingerprint density at radius 1 is 1.21 bits per heavy atom. The van der Waals surface area contributed by atoms with E-state index in [1.54, 1.807) is 17.3 Å². The van der Waals surface area contributed by atoms with Crippen LogP contribution in [0.25, 0.3) is 0 Å². The topological polar surface area (TPSA) is 78.8 Å². The van der Waals surface area contributed by atoms with E-state index < -0.39 is 5.60 Å². The smallest absolute Gasteiger partial charge is 0.257 e. The first kappa shape index (κ1) is 17.0. The number of hydrogen-bond donors (Lipinski definition) is 1. The summed E-state index contributed by atoms with van der Waals surface area (Å²) in [6.07, 6.45) is 6.43. The average Bonchev–Trinajstić information content (AvgIpc) is 3.08. The molecular weight excluding hydrogens is 308 g/mol. The fourth-order valence-corrected chi connectivity index (χ4v) is 3.45. The van der Waals surface area contributed by atoms with Crippen LogP contribution in [0.1, 0.15) is 39.5 Å². The molecule has 0 saturated carbocycles. The standard InChI is InChI=1S/C17H26N4O3/c1-13(2)24-15-14(18-7-8-19-15)21-11-5-6-17(23,12-21)16(22)20-9-3-4-10-20/h7-8,13,23H,3-6,9-12H2,1-2H3/t17-/m1/s1. The minimum absolute atomic E-state index is 0.0182. The van der Waals surface area contributed by atoms with Crippen LogP contribution in [0.2, 0.25) is 0 Å². The van der Waals surface area contributed by atoms with Crippen molar-refractivity contribution in [1.82, 2.24) is 14.9 Å². The molecule has 1 aromatic rings. The highest BCUT2D eigenvalue weighted by atomic mass is 16.5. The fraction of sp³-hybridized carbons (Fsp3) is 0.706. The first-order valence-corrected chi connectivity index (χ1v) is 8.74. The van der Waals surface area contributed by atoms with Crippen LogP contribution in [0.5, 0.6) is 5.88 Å². The van der Waals surface area contributed by atoms with Crippen molar-refractivity contribution in [1.29, 1.82) is 0 Å². The fourth-order valence-electron chi connectivity index (χ4n) is 3.45. The number of aromatic nitrogens is 2. The number of carbonyl (C=O) groups excluding carboxylic acids is 1. The first-order valence-electron chi connectivity index (χ1n) is 8.74. The Labute approximate surface area is 142 Å². The molecule has 7 nitrogen and oxygen atoms in total. The molecule has 0 radical (unpaired) electrons. The van der Waals surface area contributed by atoms with Crippen molar-refractivity contribution in [2.75, 3.05) is 31.1 Å². The summed E-state index contributed by atoms with van der Waals surface area (Å²) >= 11 is 0. The van der Waals surface area contributed by atoms with Gasteiger partial charge in [0.15, 0.2) is 11.4 Å². The number of rotatable bonds is 4. The SMILES string of the molecule is CC(C)Oc1nccnc1N1CCC[C@](O)(C(=O)N2CCCC2)C1. The summed E-state index contributed by atoms with van der Waals surface area (Å²) in [4.78, 5) is 25.1. The van der Waals surface area contributed by atoms with Gasteiger partial charge in [-0.1, -0.05) is 0 Å². The number of hydrogen-bond acceptors (Lipinski definition) is 6. The predicted molar refractivity (Wildman–Crippen MR) is 90.0 cm³/mol. The van der Waals surface area contributed by atoms with Gasteiger partial charge in [-0.2, -0.15) is 0 Å². The molecule has 0 aliphatic carbocycles. The van der Waals surface area contributed by atoms with Crippen molar-refractivity contribution in [2.24, 2.45) is 0 Å². The van der Waals surface area contributed by atoms with E-state index in [4.69, 9.17) is 4.74 Å². The molecule has 7 heteroatoms. The van der Waals surface area contributed by atoms with Gasteiger partial charge in [0.25, 0.3) is 11.8 Å². The Hall–Kier alpha value is -1.89. The highest BCUT2D eigenvalue weighted by Gasteiger charge is 2.44. The maximum atomic E-state index is 12.7. The Kier molecular flexibility index (Phi) is 4.89. The third kappa shape index (κ3) is 3.45. The van der Waals surface area contributed by atoms with Crippen molar-refractivity contribution in [3.8, 4) is 5.88 Å². The second-order valence-corrected chi connectivity index (χ2v) is 6.91. The molecule has 2 fully saturated rings. The highest BCUT2D eigenvalue weighted by Crippen LogP contribution is 2.31. The molecule has 3 rings (SSSR count). The summed E-state index contributed by atoms with van der Waals surface area (Å²) in [6, 6.07) is 0. The third-order valence-electron chi connectivity index (χ3n) is 4.56. The lowest BCUT2D eigenvalue weighted by atomic mass is 9.91. The molecule has 0 bridgehead atoms. The minimum atomic E-state index is -1.35. The van der Waals surface area contributed by atoms with E-state index in [9.17, 15) is 9.90 Å². The van der Waals surface area contributed by atoms with E-state index in [1.165, 1.54) is 0 Å². The monoisotopic (exact) mass is 334 g/mol. The summed E-state index contributed by atoms with van der Waals surface area (Å²) in [6.45, 7) is 6.31. The van der Waals surface area contributed by atoms with Crippen molar-refractivity contribution in [3.05, 3.63) is 12.4 Å². The number of β-amino-alcohol motifs (C(OH)–C–C–N with tert-alkyl or cyclic N) is 1. The highest BCUT2D eigenvalue weighted by molar-refractivity contribution is 5.86. The van der Waals surface area contributed by atoms with Crippen LogP contribution in [0.3, 0.4) is 0 Å². The van der Waals surface area contributed by atoms with Crippen molar-refractivity contribution in [2.45, 2.75) is 51.2 Å². The number of nitrogens with zero attached hydrogens (tertiary/aromatic N) is 4. The van der Waals surface area contributed by atoms with Crippen LogP contribution in [0, 0.1) is 0 Å². The zero-order valence-corrected chi connectivity index (χ0v) is 14.4. The average molecular weight is 334 g/mol. The lowest BCUT2D eigenvalue weighted by molar-refractivity contribution is -0.151. The molecule has 1 N–H and O–H groups in total. The first-order chi connectivity index (χ1) is 11.5. The van der Waals surface area contributed by atoms with Gasteiger partial charge in [0.1, 0.15) is 0 Å². The van der Waals surface area contributed by atoms with Gasteiger partial charge < -0.3 is 19.6 Å². The molecule has 1 aromatic heterocycles. The molecule has 24 heavy (non-hydrogen) atoms. The van der Waals surface area contributed by atoms with E-state index >= 15 is 0 Å². The molecule has 2 aliphatic heterocycles. The van der Waals surface area contributed by atoms with Gasteiger partial charge in [0.05, 0.1) is 12.6 Å². The zero-order valence-electron chi connectivity index (χ0n) is 14.4. The van der Waals surface area contributed by atoms with E-state index in [0.717, 1.165) is 38.9 Å². The molecule has 2 aliphatic rings. The number of ether oxygens (including phenoxy) is 1. The Morgan fingerprint density at radius 3 is 2.62 bits per heavy atom.